The molecule has 148 valence electrons. The lowest BCUT2D eigenvalue weighted by Gasteiger charge is -2.36. The van der Waals surface area contributed by atoms with E-state index in [1.807, 2.05) is 0 Å². The van der Waals surface area contributed by atoms with Crippen molar-refractivity contribution >= 4 is 35.0 Å². The van der Waals surface area contributed by atoms with Gasteiger partial charge in [0.15, 0.2) is 0 Å². The summed E-state index contributed by atoms with van der Waals surface area (Å²) >= 11 is 6.22. The average Bonchev–Trinajstić information content (AvgIpc) is 2.67. The molecule has 1 atom stereocenters. The lowest BCUT2D eigenvalue weighted by Crippen LogP contribution is -2.39. The first-order valence-corrected chi connectivity index (χ1v) is 9.55. The summed E-state index contributed by atoms with van der Waals surface area (Å²) in [4.78, 5) is 30.1. The zero-order chi connectivity index (χ0) is 20.3. The first-order chi connectivity index (χ1) is 13.4. The number of carboxylic acid groups (broad SMARTS) is 1. The molecule has 1 saturated heterocycles. The zero-order valence-electron chi connectivity index (χ0n) is 15.4. The standard InChI is InChI=1S/C20H21ClFN3O3/c1-2-14-5-3-4-8-25(14)18-10-12(21)9-17(24-18)19(26)23-13-6-7-15(20(27)28)16(22)11-13/h6-7,9-11,14H,2-5,8H2,1H3,(H,23,26)(H,27,28)/t14-/m1/s1. The van der Waals surface area contributed by atoms with E-state index >= 15 is 0 Å². The summed E-state index contributed by atoms with van der Waals surface area (Å²) in [6.45, 7) is 2.98. The first-order valence-electron chi connectivity index (χ1n) is 9.17. The van der Waals surface area contributed by atoms with Crippen LogP contribution in [-0.2, 0) is 0 Å². The quantitative estimate of drug-likeness (QED) is 0.760. The van der Waals surface area contributed by atoms with Crippen LogP contribution >= 0.6 is 11.6 Å². The zero-order valence-corrected chi connectivity index (χ0v) is 16.2. The number of pyridine rings is 1. The van der Waals surface area contributed by atoms with Gasteiger partial charge in [-0.3, -0.25) is 4.79 Å². The summed E-state index contributed by atoms with van der Waals surface area (Å²) in [5.74, 6) is -2.19. The second-order valence-corrected chi connectivity index (χ2v) is 7.17. The lowest BCUT2D eigenvalue weighted by molar-refractivity contribution is 0.0692. The minimum absolute atomic E-state index is 0.116. The van der Waals surface area contributed by atoms with E-state index in [0.717, 1.165) is 37.9 Å². The van der Waals surface area contributed by atoms with Crippen LogP contribution < -0.4 is 10.2 Å². The molecule has 6 nitrogen and oxygen atoms in total. The van der Waals surface area contributed by atoms with Crippen molar-refractivity contribution in [2.75, 3.05) is 16.8 Å². The van der Waals surface area contributed by atoms with Gasteiger partial charge >= 0.3 is 5.97 Å². The Balaban J connectivity index is 1.83. The van der Waals surface area contributed by atoms with Gasteiger partial charge in [-0.05, 0) is 56.0 Å². The Morgan fingerprint density at radius 2 is 2.11 bits per heavy atom. The van der Waals surface area contributed by atoms with Crippen molar-refractivity contribution in [3.8, 4) is 0 Å². The SMILES string of the molecule is CC[C@@H]1CCCCN1c1cc(Cl)cc(C(=O)Nc2ccc(C(=O)O)c(F)c2)n1. The van der Waals surface area contributed by atoms with Crippen LogP contribution in [-0.4, -0.2) is 34.6 Å². The molecule has 1 aromatic heterocycles. The highest BCUT2D eigenvalue weighted by atomic mass is 35.5. The van der Waals surface area contributed by atoms with E-state index in [4.69, 9.17) is 16.7 Å². The third-order valence-electron chi connectivity index (χ3n) is 4.86. The summed E-state index contributed by atoms with van der Waals surface area (Å²) in [5.41, 5.74) is -0.206. The molecule has 1 fully saturated rings. The Morgan fingerprint density at radius 3 is 2.79 bits per heavy atom. The topological polar surface area (TPSA) is 82.5 Å². The predicted molar refractivity (Wildman–Crippen MR) is 106 cm³/mol. The van der Waals surface area contributed by atoms with Crippen LogP contribution in [0.1, 0.15) is 53.5 Å². The van der Waals surface area contributed by atoms with Crippen molar-refractivity contribution < 1.29 is 19.1 Å². The van der Waals surface area contributed by atoms with Gasteiger partial charge in [0.25, 0.3) is 5.91 Å². The number of amides is 1. The highest BCUT2D eigenvalue weighted by molar-refractivity contribution is 6.31. The van der Waals surface area contributed by atoms with Crippen molar-refractivity contribution in [2.45, 2.75) is 38.6 Å². The normalized spacial score (nSPS) is 16.7. The van der Waals surface area contributed by atoms with Gasteiger partial charge in [0.2, 0.25) is 0 Å². The fraction of sp³-hybridized carbons (Fsp3) is 0.350. The van der Waals surface area contributed by atoms with Crippen LogP contribution in [0, 0.1) is 5.82 Å². The number of carbonyl (C=O) groups excluding carboxylic acids is 1. The Kier molecular flexibility index (Phi) is 6.14. The smallest absolute Gasteiger partial charge is 0.338 e. The molecule has 0 unspecified atom stereocenters. The average molecular weight is 406 g/mol. The monoisotopic (exact) mass is 405 g/mol. The second-order valence-electron chi connectivity index (χ2n) is 6.73. The molecule has 1 aromatic carbocycles. The largest absolute Gasteiger partial charge is 0.478 e. The molecular weight excluding hydrogens is 385 g/mol. The van der Waals surface area contributed by atoms with E-state index < -0.39 is 23.3 Å². The number of nitrogens with one attached hydrogen (secondary N) is 1. The fourth-order valence-corrected chi connectivity index (χ4v) is 3.64. The molecule has 1 amide bonds. The summed E-state index contributed by atoms with van der Waals surface area (Å²) in [6, 6.07) is 6.94. The van der Waals surface area contributed by atoms with E-state index in [9.17, 15) is 14.0 Å². The second kappa shape index (κ2) is 8.56. The molecule has 0 spiro atoms. The van der Waals surface area contributed by atoms with Gasteiger partial charge in [0, 0.05) is 23.3 Å². The van der Waals surface area contributed by atoms with Gasteiger partial charge in [0.05, 0.1) is 5.56 Å². The number of halogens is 2. The van der Waals surface area contributed by atoms with Gasteiger partial charge < -0.3 is 15.3 Å². The van der Waals surface area contributed by atoms with E-state index in [2.05, 4.69) is 22.1 Å². The molecule has 8 heteroatoms. The Morgan fingerprint density at radius 1 is 1.32 bits per heavy atom. The molecule has 1 aliphatic rings. The number of hydrogen-bond donors (Lipinski definition) is 2. The number of aromatic carboxylic acids is 1. The molecule has 1 aliphatic heterocycles. The Hall–Kier alpha value is -2.67. The van der Waals surface area contributed by atoms with Gasteiger partial charge in [-0.25, -0.2) is 14.2 Å². The Bertz CT molecular complexity index is 906. The van der Waals surface area contributed by atoms with Gasteiger partial charge in [0.1, 0.15) is 17.3 Å². The third kappa shape index (κ3) is 4.42. The van der Waals surface area contributed by atoms with Crippen molar-refractivity contribution in [3.05, 3.63) is 52.4 Å². The molecule has 0 aliphatic carbocycles. The molecule has 3 rings (SSSR count). The number of nitrogens with zero attached hydrogens (tertiary/aromatic N) is 2. The lowest BCUT2D eigenvalue weighted by atomic mass is 10.00. The van der Waals surface area contributed by atoms with Crippen molar-refractivity contribution in [1.82, 2.24) is 4.98 Å². The molecule has 2 aromatic rings. The molecular formula is C20H21ClFN3O3. The first kappa shape index (κ1) is 20.1. The molecule has 2 N–H and O–H groups in total. The highest BCUT2D eigenvalue weighted by Gasteiger charge is 2.23. The predicted octanol–water partition coefficient (Wildman–Crippen LogP) is 4.59. The minimum Gasteiger partial charge on any atom is -0.478 e. The summed E-state index contributed by atoms with van der Waals surface area (Å²) in [7, 11) is 0. The molecule has 0 bridgehead atoms. The molecule has 28 heavy (non-hydrogen) atoms. The molecule has 0 saturated carbocycles. The number of piperidine rings is 1. The van der Waals surface area contributed by atoms with Crippen molar-refractivity contribution in [3.63, 3.8) is 0 Å². The number of anilines is 2. The van der Waals surface area contributed by atoms with Crippen LogP contribution in [0.25, 0.3) is 0 Å². The maximum Gasteiger partial charge on any atom is 0.338 e. The molecule has 2 heterocycles. The number of rotatable bonds is 5. The van der Waals surface area contributed by atoms with Gasteiger partial charge in [-0.1, -0.05) is 18.5 Å². The van der Waals surface area contributed by atoms with Crippen LogP contribution in [0.2, 0.25) is 5.02 Å². The number of aromatic nitrogens is 1. The fourth-order valence-electron chi connectivity index (χ4n) is 3.44. The van der Waals surface area contributed by atoms with Crippen LogP contribution in [0.15, 0.2) is 30.3 Å². The summed E-state index contributed by atoms with van der Waals surface area (Å²) in [6.07, 6.45) is 4.27. The third-order valence-corrected chi connectivity index (χ3v) is 5.08. The summed E-state index contributed by atoms with van der Waals surface area (Å²) < 4.78 is 13.8. The van der Waals surface area contributed by atoms with Gasteiger partial charge in [-0.2, -0.15) is 0 Å². The van der Waals surface area contributed by atoms with Crippen LogP contribution in [0.3, 0.4) is 0 Å². The van der Waals surface area contributed by atoms with Crippen molar-refractivity contribution in [1.29, 1.82) is 0 Å². The van der Waals surface area contributed by atoms with Crippen molar-refractivity contribution in [2.24, 2.45) is 0 Å². The van der Waals surface area contributed by atoms with E-state index in [-0.39, 0.29) is 11.4 Å². The molecule has 0 radical (unpaired) electrons. The number of hydrogen-bond acceptors (Lipinski definition) is 4. The van der Waals surface area contributed by atoms with Crippen LogP contribution in [0.4, 0.5) is 15.9 Å². The maximum atomic E-state index is 13.8. The highest BCUT2D eigenvalue weighted by Crippen LogP contribution is 2.28. The number of carbonyl (C=O) groups is 2. The summed E-state index contributed by atoms with van der Waals surface area (Å²) in [5, 5.41) is 11.8. The van der Waals surface area contributed by atoms with E-state index in [1.165, 1.54) is 18.6 Å². The maximum absolute atomic E-state index is 13.8. The van der Waals surface area contributed by atoms with E-state index in [1.54, 1.807) is 6.07 Å². The van der Waals surface area contributed by atoms with E-state index in [0.29, 0.717) is 16.9 Å². The number of benzene rings is 1. The van der Waals surface area contributed by atoms with Crippen LogP contribution in [0.5, 0.6) is 0 Å². The number of carboxylic acids is 1. The minimum atomic E-state index is -1.37. The van der Waals surface area contributed by atoms with Gasteiger partial charge in [-0.15, -0.1) is 0 Å². The Labute approximate surface area is 167 Å².